The average Bonchev–Trinajstić information content (AvgIpc) is 3.13. The van der Waals surface area contributed by atoms with Crippen LogP contribution < -0.4 is 0 Å². The first-order valence-electron chi connectivity index (χ1n) is 8.19. The highest BCUT2D eigenvalue weighted by Gasteiger charge is 2.34. The molecule has 2 heterocycles. The van der Waals surface area contributed by atoms with E-state index >= 15 is 0 Å². The molecule has 1 aromatic carbocycles. The molecule has 24 heavy (non-hydrogen) atoms. The minimum Gasteiger partial charge on any atom is -0.337 e. The lowest BCUT2D eigenvalue weighted by atomic mass is 10.2. The Hall–Kier alpha value is -1.73. The van der Waals surface area contributed by atoms with Gasteiger partial charge >= 0.3 is 0 Å². The molecule has 0 spiro atoms. The van der Waals surface area contributed by atoms with Crippen molar-refractivity contribution in [2.24, 2.45) is 0 Å². The van der Waals surface area contributed by atoms with Crippen LogP contribution in [0.4, 0.5) is 0 Å². The molecule has 1 aromatic heterocycles. The summed E-state index contributed by atoms with van der Waals surface area (Å²) < 4.78 is 28.5. The first-order chi connectivity index (χ1) is 11.3. The van der Waals surface area contributed by atoms with Gasteiger partial charge < -0.3 is 4.52 Å². The largest absolute Gasteiger partial charge is 0.337 e. The Labute approximate surface area is 142 Å². The average molecular weight is 349 g/mol. The van der Waals surface area contributed by atoms with Gasteiger partial charge in [0, 0.05) is 23.9 Å². The number of hydrogen-bond donors (Lipinski definition) is 0. The fraction of sp³-hybridized carbons (Fsp3) is 0.529. The van der Waals surface area contributed by atoms with Crippen LogP contribution in [0.25, 0.3) is 11.4 Å². The first-order valence-corrected chi connectivity index (χ1v) is 10.1. The molecule has 0 bridgehead atoms. The lowest BCUT2D eigenvalue weighted by Gasteiger charge is -2.30. The van der Waals surface area contributed by atoms with Crippen LogP contribution >= 0.6 is 0 Å². The van der Waals surface area contributed by atoms with Crippen molar-refractivity contribution in [2.45, 2.75) is 56.6 Å². The number of nitrogens with zero attached hydrogens (tertiary/aromatic N) is 3. The lowest BCUT2D eigenvalue weighted by Crippen LogP contribution is -2.35. The van der Waals surface area contributed by atoms with Crippen LogP contribution in [-0.2, 0) is 9.84 Å². The summed E-state index contributed by atoms with van der Waals surface area (Å²) >= 11 is 0. The number of benzene rings is 1. The van der Waals surface area contributed by atoms with E-state index < -0.39 is 9.84 Å². The maximum Gasteiger partial charge on any atom is 0.244 e. The summed E-state index contributed by atoms with van der Waals surface area (Å²) in [5, 5.41) is 4.06. The summed E-state index contributed by atoms with van der Waals surface area (Å²) in [6, 6.07) is 7.60. The van der Waals surface area contributed by atoms with Crippen molar-refractivity contribution in [3.05, 3.63) is 30.2 Å². The van der Waals surface area contributed by atoms with Gasteiger partial charge in [0.25, 0.3) is 0 Å². The summed E-state index contributed by atoms with van der Waals surface area (Å²) in [5.41, 5.74) is 0.743. The van der Waals surface area contributed by atoms with E-state index in [1.807, 2.05) is 0 Å². The predicted molar refractivity (Wildman–Crippen MR) is 91.3 cm³/mol. The third-order valence-corrected chi connectivity index (χ3v) is 5.94. The van der Waals surface area contributed by atoms with Crippen LogP contribution in [0.5, 0.6) is 0 Å². The van der Waals surface area contributed by atoms with Gasteiger partial charge in [0.1, 0.15) is 0 Å². The Kier molecular flexibility index (Phi) is 4.48. The monoisotopic (exact) mass is 349 g/mol. The Morgan fingerprint density at radius 2 is 1.75 bits per heavy atom. The molecule has 3 rings (SSSR count). The summed E-state index contributed by atoms with van der Waals surface area (Å²) in [5.74, 6) is 1.08. The van der Waals surface area contributed by atoms with Crippen LogP contribution in [0.2, 0.25) is 0 Å². The van der Waals surface area contributed by atoms with E-state index in [4.69, 9.17) is 4.52 Å². The highest BCUT2D eigenvalue weighted by molar-refractivity contribution is 7.90. The summed E-state index contributed by atoms with van der Waals surface area (Å²) in [6.45, 7) is 6.53. The van der Waals surface area contributed by atoms with E-state index in [0.29, 0.717) is 23.8 Å². The zero-order chi connectivity index (χ0) is 17.5. The lowest BCUT2D eigenvalue weighted by molar-refractivity contribution is 0.128. The number of likely N-dealkylation sites (tertiary alicyclic amines) is 1. The molecule has 0 amide bonds. The fourth-order valence-corrected chi connectivity index (χ4v) is 4.11. The Morgan fingerprint density at radius 3 is 2.29 bits per heavy atom. The molecule has 3 atom stereocenters. The Morgan fingerprint density at radius 1 is 1.17 bits per heavy atom. The maximum absolute atomic E-state index is 11.5. The van der Waals surface area contributed by atoms with Crippen molar-refractivity contribution < 1.29 is 12.9 Å². The molecule has 1 aliphatic rings. The molecular weight excluding hydrogens is 326 g/mol. The normalized spacial score (nSPS) is 23.5. The molecule has 130 valence electrons. The molecular formula is C17H23N3O3S. The van der Waals surface area contributed by atoms with Gasteiger partial charge in [-0.25, -0.2) is 8.42 Å². The topological polar surface area (TPSA) is 76.3 Å². The first kappa shape index (κ1) is 17.1. The zero-order valence-corrected chi connectivity index (χ0v) is 15.2. The van der Waals surface area contributed by atoms with Crippen molar-refractivity contribution in [1.29, 1.82) is 0 Å². The molecule has 0 saturated carbocycles. The van der Waals surface area contributed by atoms with Gasteiger partial charge in [0.05, 0.1) is 10.9 Å². The van der Waals surface area contributed by atoms with E-state index in [2.05, 4.69) is 35.8 Å². The number of hydrogen-bond acceptors (Lipinski definition) is 6. The summed E-state index contributed by atoms with van der Waals surface area (Å²) in [6.07, 6.45) is 3.55. The fourth-order valence-electron chi connectivity index (χ4n) is 3.48. The molecule has 1 fully saturated rings. The van der Waals surface area contributed by atoms with Gasteiger partial charge in [0.2, 0.25) is 11.7 Å². The second kappa shape index (κ2) is 6.29. The molecule has 7 heteroatoms. The van der Waals surface area contributed by atoms with Gasteiger partial charge in [-0.1, -0.05) is 5.16 Å². The third-order valence-electron chi connectivity index (χ3n) is 4.81. The smallest absolute Gasteiger partial charge is 0.244 e. The van der Waals surface area contributed by atoms with Crippen LogP contribution in [0.1, 0.15) is 45.5 Å². The molecule has 6 nitrogen and oxygen atoms in total. The highest BCUT2D eigenvalue weighted by atomic mass is 32.2. The van der Waals surface area contributed by atoms with E-state index in [0.717, 1.165) is 5.56 Å². The number of rotatable bonds is 4. The quantitative estimate of drug-likeness (QED) is 0.844. The van der Waals surface area contributed by atoms with Crippen LogP contribution in [-0.4, -0.2) is 41.8 Å². The van der Waals surface area contributed by atoms with Crippen LogP contribution in [0.3, 0.4) is 0 Å². The highest BCUT2D eigenvalue weighted by Crippen LogP contribution is 2.33. The maximum atomic E-state index is 11.5. The molecule has 0 radical (unpaired) electrons. The minimum atomic E-state index is -3.20. The van der Waals surface area contributed by atoms with Gasteiger partial charge in [0.15, 0.2) is 9.84 Å². The van der Waals surface area contributed by atoms with E-state index in [9.17, 15) is 8.42 Å². The zero-order valence-electron chi connectivity index (χ0n) is 14.4. The summed E-state index contributed by atoms with van der Waals surface area (Å²) in [7, 11) is -3.20. The molecule has 0 unspecified atom stereocenters. The van der Waals surface area contributed by atoms with Crippen molar-refractivity contribution >= 4 is 9.84 Å². The Balaban J connectivity index is 1.83. The van der Waals surface area contributed by atoms with Gasteiger partial charge in [-0.3, -0.25) is 4.90 Å². The van der Waals surface area contributed by atoms with Crippen LogP contribution in [0.15, 0.2) is 33.7 Å². The van der Waals surface area contributed by atoms with Gasteiger partial charge in [-0.05, 0) is 57.9 Å². The van der Waals surface area contributed by atoms with E-state index in [1.165, 1.54) is 19.1 Å². The molecule has 1 aliphatic heterocycles. The molecule has 1 saturated heterocycles. The standard InChI is InChI=1S/C17H23N3O3S/c1-11-5-6-12(2)20(11)13(3)17-18-16(19-23-17)14-7-9-15(10-8-14)24(4,21)22/h7-13H,5-6H2,1-4H3/t11-,12-,13-/m1/s1. The third kappa shape index (κ3) is 3.23. The predicted octanol–water partition coefficient (Wildman–Crippen LogP) is 3.07. The van der Waals surface area contributed by atoms with Crippen molar-refractivity contribution in [3.8, 4) is 11.4 Å². The van der Waals surface area contributed by atoms with Gasteiger partial charge in [-0.15, -0.1) is 0 Å². The molecule has 0 aliphatic carbocycles. The van der Waals surface area contributed by atoms with Crippen LogP contribution in [0, 0.1) is 0 Å². The van der Waals surface area contributed by atoms with Crippen molar-refractivity contribution in [2.75, 3.05) is 6.26 Å². The molecule has 2 aromatic rings. The van der Waals surface area contributed by atoms with Gasteiger partial charge in [-0.2, -0.15) is 4.98 Å². The van der Waals surface area contributed by atoms with Crippen molar-refractivity contribution in [1.82, 2.24) is 15.0 Å². The Bertz CT molecular complexity index is 804. The number of aromatic nitrogens is 2. The second-order valence-electron chi connectivity index (χ2n) is 6.65. The van der Waals surface area contributed by atoms with Crippen molar-refractivity contribution in [3.63, 3.8) is 0 Å². The second-order valence-corrected chi connectivity index (χ2v) is 8.67. The number of sulfone groups is 1. The van der Waals surface area contributed by atoms with E-state index in [-0.39, 0.29) is 10.9 Å². The minimum absolute atomic E-state index is 0.0639. The summed E-state index contributed by atoms with van der Waals surface area (Å²) in [4.78, 5) is 7.20. The van der Waals surface area contributed by atoms with E-state index in [1.54, 1.807) is 24.3 Å². The molecule has 0 N–H and O–H groups in total. The SMILES string of the molecule is C[C@@H]1CC[C@@H](C)N1[C@H](C)c1nc(-c2ccc(S(C)(=O)=O)cc2)no1.